The maximum absolute atomic E-state index is 13.2. The Bertz CT molecular complexity index is 1200. The average molecular weight is 540 g/mol. The molecule has 8 nitrogen and oxygen atoms in total. The quantitative estimate of drug-likeness (QED) is 0.546. The van der Waals surface area contributed by atoms with Gasteiger partial charge in [0.05, 0.1) is 36.9 Å². The lowest BCUT2D eigenvalue weighted by Gasteiger charge is -2.38. The van der Waals surface area contributed by atoms with E-state index in [2.05, 4.69) is 10.2 Å². The molecule has 0 unspecified atom stereocenters. The van der Waals surface area contributed by atoms with Crippen LogP contribution in [0, 0.1) is 5.41 Å². The van der Waals surface area contributed by atoms with Gasteiger partial charge in [0.25, 0.3) is 0 Å². The highest BCUT2D eigenvalue weighted by molar-refractivity contribution is 7.89. The highest BCUT2D eigenvalue weighted by Gasteiger charge is 2.43. The zero-order chi connectivity index (χ0) is 25.2. The van der Waals surface area contributed by atoms with Crippen molar-refractivity contribution in [1.82, 2.24) is 9.21 Å². The Hall–Kier alpha value is -2.27. The molecule has 2 fully saturated rings. The van der Waals surface area contributed by atoms with Crippen LogP contribution in [-0.2, 0) is 10.0 Å². The highest BCUT2D eigenvalue weighted by Crippen LogP contribution is 2.42. The number of nitrogens with zero attached hydrogens (tertiary/aromatic N) is 2. The summed E-state index contributed by atoms with van der Waals surface area (Å²) in [7, 11) is 1.09. The number of likely N-dealkylation sites (tertiary alicyclic amines) is 1. The fourth-order valence-electron chi connectivity index (χ4n) is 4.78. The first kappa shape index (κ1) is 25.8. The molecular weight excluding hydrogens is 510 g/mol. The Morgan fingerprint density at radius 2 is 1.69 bits per heavy atom. The molecule has 0 aliphatic carbocycles. The lowest BCUT2D eigenvalue weighted by molar-refractivity contribution is 0.167. The van der Waals surface area contributed by atoms with Crippen molar-refractivity contribution in [3.05, 3.63) is 41.4 Å². The van der Waals surface area contributed by atoms with Gasteiger partial charge in [-0.25, -0.2) is 8.42 Å². The van der Waals surface area contributed by atoms with Crippen molar-refractivity contribution in [2.75, 3.05) is 52.8 Å². The third kappa shape index (κ3) is 5.30. The first-order valence-electron chi connectivity index (χ1n) is 11.3. The minimum atomic E-state index is -3.56. The first-order chi connectivity index (χ1) is 16.7. The van der Waals surface area contributed by atoms with Gasteiger partial charge in [-0.1, -0.05) is 17.7 Å². The number of anilines is 1. The molecule has 1 spiro atoms. The molecule has 2 aliphatic rings. The molecule has 4 rings (SSSR count). The highest BCUT2D eigenvalue weighted by atomic mass is 35.5. The fraction of sp³-hybridized carbons (Fsp3) is 0.458. The molecule has 0 bridgehead atoms. The molecule has 1 N–H and O–H groups in total. The second-order valence-electron chi connectivity index (χ2n) is 8.87. The third-order valence-electron chi connectivity index (χ3n) is 6.90. The van der Waals surface area contributed by atoms with E-state index >= 15 is 0 Å². The van der Waals surface area contributed by atoms with Gasteiger partial charge in [0, 0.05) is 44.4 Å². The summed E-state index contributed by atoms with van der Waals surface area (Å²) in [5, 5.41) is 4.32. The predicted molar refractivity (Wildman–Crippen MR) is 140 cm³/mol. The number of methoxy groups -OCH3 is 3. The Labute approximate surface area is 217 Å². The lowest BCUT2D eigenvalue weighted by Crippen LogP contribution is -2.45. The number of benzene rings is 2. The first-order valence-corrected chi connectivity index (χ1v) is 13.6. The molecule has 190 valence electrons. The minimum absolute atomic E-state index is 0.0356. The van der Waals surface area contributed by atoms with Gasteiger partial charge in [-0.3, -0.25) is 0 Å². The van der Waals surface area contributed by atoms with Crippen LogP contribution in [0.5, 0.6) is 17.2 Å². The van der Waals surface area contributed by atoms with Crippen LogP contribution in [0.25, 0.3) is 0 Å². The van der Waals surface area contributed by atoms with Crippen molar-refractivity contribution in [3.8, 4) is 17.2 Å². The van der Waals surface area contributed by atoms with E-state index in [0.29, 0.717) is 46.2 Å². The zero-order valence-corrected chi connectivity index (χ0v) is 22.4. The maximum atomic E-state index is 13.2. The normalized spacial score (nSPS) is 17.9. The summed E-state index contributed by atoms with van der Waals surface area (Å²) >= 11 is 11.9. The predicted octanol–water partition coefficient (Wildman–Crippen LogP) is 4.24. The van der Waals surface area contributed by atoms with Crippen molar-refractivity contribution in [3.63, 3.8) is 0 Å². The number of halogens is 1. The molecule has 11 heteroatoms. The van der Waals surface area contributed by atoms with Crippen LogP contribution in [0.2, 0.25) is 5.02 Å². The molecule has 2 aromatic carbocycles. The lowest BCUT2D eigenvalue weighted by atomic mass is 9.78. The Kier molecular flexibility index (Phi) is 7.65. The van der Waals surface area contributed by atoms with Gasteiger partial charge in [-0.2, -0.15) is 4.31 Å². The Morgan fingerprint density at radius 3 is 2.34 bits per heavy atom. The minimum Gasteiger partial charge on any atom is -0.497 e. The van der Waals surface area contributed by atoms with Crippen LogP contribution in [0.15, 0.2) is 41.3 Å². The fourth-order valence-corrected chi connectivity index (χ4v) is 6.75. The van der Waals surface area contributed by atoms with Crippen molar-refractivity contribution < 1.29 is 22.6 Å². The summed E-state index contributed by atoms with van der Waals surface area (Å²) in [4.78, 5) is 2.40. The molecule has 2 aromatic rings. The molecular formula is C24H30ClN3O5S2. The van der Waals surface area contributed by atoms with Gasteiger partial charge in [-0.15, -0.1) is 0 Å². The molecule has 35 heavy (non-hydrogen) atoms. The van der Waals surface area contributed by atoms with E-state index in [4.69, 9.17) is 38.0 Å². The number of piperidine rings is 1. The van der Waals surface area contributed by atoms with Gasteiger partial charge < -0.3 is 24.4 Å². The van der Waals surface area contributed by atoms with E-state index in [-0.39, 0.29) is 10.3 Å². The second kappa shape index (κ2) is 10.4. The number of hydrogen-bond acceptors (Lipinski definition) is 6. The van der Waals surface area contributed by atoms with Gasteiger partial charge in [0.1, 0.15) is 17.2 Å². The van der Waals surface area contributed by atoms with E-state index in [1.165, 1.54) is 7.11 Å². The third-order valence-corrected chi connectivity index (χ3v) is 9.45. The van der Waals surface area contributed by atoms with Gasteiger partial charge in [-0.05, 0) is 49.0 Å². The molecule has 2 saturated heterocycles. The van der Waals surface area contributed by atoms with Crippen LogP contribution < -0.4 is 19.5 Å². The van der Waals surface area contributed by atoms with Crippen molar-refractivity contribution in [2.45, 2.75) is 24.2 Å². The van der Waals surface area contributed by atoms with Crippen LogP contribution in [0.4, 0.5) is 5.69 Å². The molecule has 0 atom stereocenters. The van der Waals surface area contributed by atoms with Gasteiger partial charge >= 0.3 is 0 Å². The number of sulfonamides is 1. The van der Waals surface area contributed by atoms with Crippen LogP contribution in [0.3, 0.4) is 0 Å². The number of hydrogen-bond donors (Lipinski definition) is 1. The molecule has 0 aromatic heterocycles. The van der Waals surface area contributed by atoms with Gasteiger partial charge in [0.15, 0.2) is 5.11 Å². The van der Waals surface area contributed by atoms with Crippen LogP contribution in [0.1, 0.15) is 19.3 Å². The average Bonchev–Trinajstić information content (AvgIpc) is 3.28. The number of rotatable bonds is 6. The second-order valence-corrected chi connectivity index (χ2v) is 11.6. The zero-order valence-electron chi connectivity index (χ0n) is 20.0. The van der Waals surface area contributed by atoms with E-state index < -0.39 is 10.0 Å². The molecule has 0 radical (unpaired) electrons. The number of ether oxygens (including phenoxy) is 3. The summed E-state index contributed by atoms with van der Waals surface area (Å²) in [5.74, 6) is 1.63. The molecule has 0 saturated carbocycles. The molecule has 2 aliphatic heterocycles. The maximum Gasteiger partial charge on any atom is 0.243 e. The van der Waals surface area contributed by atoms with Gasteiger partial charge in [0.2, 0.25) is 10.0 Å². The van der Waals surface area contributed by atoms with Crippen molar-refractivity contribution >= 4 is 44.6 Å². The van der Waals surface area contributed by atoms with Crippen molar-refractivity contribution in [1.29, 1.82) is 0 Å². The van der Waals surface area contributed by atoms with E-state index in [0.717, 1.165) is 32.4 Å². The summed E-state index contributed by atoms with van der Waals surface area (Å²) in [6.07, 6.45) is 2.53. The summed E-state index contributed by atoms with van der Waals surface area (Å²) in [6, 6.07) is 10.1. The number of nitrogens with one attached hydrogen (secondary N) is 1. The Balaban J connectivity index is 1.40. The van der Waals surface area contributed by atoms with E-state index in [1.807, 2.05) is 0 Å². The van der Waals surface area contributed by atoms with Crippen LogP contribution in [-0.4, -0.2) is 70.2 Å². The molecule has 2 heterocycles. The van der Waals surface area contributed by atoms with Crippen LogP contribution >= 0.6 is 23.8 Å². The largest absolute Gasteiger partial charge is 0.497 e. The topological polar surface area (TPSA) is 80.3 Å². The SMILES string of the molecule is COc1cccc(S(=O)(=O)N2CCC3(CCN(C(=S)Nc4cc(OC)c(Cl)cc4OC)C3)CC2)c1. The van der Waals surface area contributed by atoms with Crippen molar-refractivity contribution in [2.24, 2.45) is 5.41 Å². The smallest absolute Gasteiger partial charge is 0.243 e. The summed E-state index contributed by atoms with van der Waals surface area (Å²) in [5.41, 5.74) is 0.715. The summed E-state index contributed by atoms with van der Waals surface area (Å²) in [6.45, 7) is 2.55. The number of thiocarbonyl (C=S) groups is 1. The van der Waals surface area contributed by atoms with E-state index in [1.54, 1.807) is 54.9 Å². The molecule has 0 amide bonds. The summed E-state index contributed by atoms with van der Waals surface area (Å²) < 4.78 is 43.9. The standard InChI is InChI=1S/C24H30ClN3O5S2/c1-31-17-5-4-6-18(13-17)35(29,30)28-11-8-24(9-12-28)7-10-27(16-24)23(34)26-20-15-21(32-2)19(25)14-22(20)33-3/h4-6,13-15H,7-12,16H2,1-3H3,(H,26,34). The Morgan fingerprint density at radius 1 is 1.00 bits per heavy atom. The monoisotopic (exact) mass is 539 g/mol. The van der Waals surface area contributed by atoms with E-state index in [9.17, 15) is 8.42 Å².